The van der Waals surface area contributed by atoms with Crippen molar-refractivity contribution in [2.24, 2.45) is 5.92 Å². The molecule has 1 aliphatic heterocycles. The number of ether oxygens (including phenoxy) is 1. The molecular formula is C29H34N4O5. The fourth-order valence-corrected chi connectivity index (χ4v) is 6.15. The standard InChI is InChI=1S/C29H34N4O5/c1-17-12-13-22-23(32(17)29(37)38-3)14-15-24-26(22)31-27(25(30-18(2)34)19-8-5-4-6-9-19)33(24)21-11-7-10-20(16-21)28(35)36/h4-6,8-9,14-15,17,20-21,25H,7,10-13,16H2,1-3H3,(H,30,34)(H,35,36)/t17-,20+,21+,25?/m0/s1. The van der Waals surface area contributed by atoms with Crippen LogP contribution in [0.5, 0.6) is 0 Å². The molecule has 1 saturated carbocycles. The summed E-state index contributed by atoms with van der Waals surface area (Å²) in [5.41, 5.74) is 4.30. The Bertz CT molecular complexity index is 1370. The van der Waals surface area contributed by atoms with Crippen molar-refractivity contribution in [3.8, 4) is 0 Å². The number of hydrogen-bond acceptors (Lipinski definition) is 5. The van der Waals surface area contributed by atoms with Crippen LogP contribution in [0.25, 0.3) is 11.0 Å². The molecule has 38 heavy (non-hydrogen) atoms. The molecule has 9 nitrogen and oxygen atoms in total. The van der Waals surface area contributed by atoms with Crippen molar-refractivity contribution < 1.29 is 24.2 Å². The number of carboxylic acids is 1. The van der Waals surface area contributed by atoms with E-state index in [0.29, 0.717) is 18.7 Å². The van der Waals surface area contributed by atoms with Gasteiger partial charge in [0.05, 0.1) is 29.7 Å². The van der Waals surface area contributed by atoms with Crippen LogP contribution in [0.3, 0.4) is 0 Å². The third-order valence-electron chi connectivity index (χ3n) is 7.95. The van der Waals surface area contributed by atoms with Crippen LogP contribution in [0, 0.1) is 5.92 Å². The number of nitrogens with one attached hydrogen (secondary N) is 1. The number of fused-ring (bicyclic) bond motifs is 3. The first-order valence-corrected chi connectivity index (χ1v) is 13.3. The number of aliphatic carboxylic acids is 1. The Morgan fingerprint density at radius 2 is 1.87 bits per heavy atom. The molecule has 4 atom stereocenters. The number of carboxylic acid groups (broad SMARTS) is 1. The van der Waals surface area contributed by atoms with Gasteiger partial charge in [-0.05, 0) is 56.7 Å². The average Bonchev–Trinajstić information content (AvgIpc) is 3.31. The molecule has 2 N–H and O–H groups in total. The number of carbonyl (C=O) groups is 3. The number of carbonyl (C=O) groups excluding carboxylic acids is 2. The predicted molar refractivity (Wildman–Crippen MR) is 143 cm³/mol. The summed E-state index contributed by atoms with van der Waals surface area (Å²) in [6.07, 6.45) is 3.88. The van der Waals surface area contributed by atoms with E-state index in [0.717, 1.165) is 53.5 Å². The van der Waals surface area contributed by atoms with Gasteiger partial charge in [0.2, 0.25) is 5.91 Å². The molecule has 0 bridgehead atoms. The molecule has 0 saturated heterocycles. The Labute approximate surface area is 221 Å². The van der Waals surface area contributed by atoms with E-state index in [1.807, 2.05) is 49.4 Å². The largest absolute Gasteiger partial charge is 0.481 e. The quantitative estimate of drug-likeness (QED) is 0.492. The van der Waals surface area contributed by atoms with Crippen molar-refractivity contribution in [1.82, 2.24) is 14.9 Å². The number of methoxy groups -OCH3 is 1. The minimum Gasteiger partial charge on any atom is -0.481 e. The molecule has 1 unspecified atom stereocenters. The summed E-state index contributed by atoms with van der Waals surface area (Å²) in [5.74, 6) is -0.711. The van der Waals surface area contributed by atoms with Gasteiger partial charge < -0.3 is 19.7 Å². The summed E-state index contributed by atoms with van der Waals surface area (Å²) < 4.78 is 7.24. The molecular weight excluding hydrogens is 484 g/mol. The van der Waals surface area contributed by atoms with Crippen LogP contribution in [-0.2, 0) is 20.7 Å². The maximum atomic E-state index is 12.7. The number of amides is 2. The molecule has 2 heterocycles. The topological polar surface area (TPSA) is 114 Å². The van der Waals surface area contributed by atoms with Crippen LogP contribution in [0.15, 0.2) is 42.5 Å². The monoisotopic (exact) mass is 518 g/mol. The second kappa shape index (κ2) is 10.5. The van der Waals surface area contributed by atoms with Gasteiger partial charge in [0.25, 0.3) is 0 Å². The highest BCUT2D eigenvalue weighted by Gasteiger charge is 2.36. The number of imidazole rings is 1. The smallest absolute Gasteiger partial charge is 0.414 e. The predicted octanol–water partition coefficient (Wildman–Crippen LogP) is 4.99. The lowest BCUT2D eigenvalue weighted by Gasteiger charge is -2.34. The van der Waals surface area contributed by atoms with Crippen molar-refractivity contribution in [3.05, 3.63) is 59.4 Å². The first kappa shape index (κ1) is 25.8. The van der Waals surface area contributed by atoms with Crippen LogP contribution in [0.1, 0.15) is 75.0 Å². The van der Waals surface area contributed by atoms with Crippen LogP contribution in [-0.4, -0.2) is 45.8 Å². The van der Waals surface area contributed by atoms with Gasteiger partial charge >= 0.3 is 12.1 Å². The molecule has 200 valence electrons. The lowest BCUT2D eigenvalue weighted by molar-refractivity contribution is -0.143. The fourth-order valence-electron chi connectivity index (χ4n) is 6.15. The average molecular weight is 519 g/mol. The SMILES string of the molecule is COC(=O)N1c2ccc3c(nc(C(NC(C)=O)c4ccccc4)n3[C@@H]3CCC[C@@H](C(=O)O)C3)c2CC[C@@H]1C. The zero-order valence-corrected chi connectivity index (χ0v) is 22.0. The van der Waals surface area contributed by atoms with E-state index < -0.39 is 24.0 Å². The maximum Gasteiger partial charge on any atom is 0.414 e. The maximum absolute atomic E-state index is 12.7. The van der Waals surface area contributed by atoms with E-state index in [9.17, 15) is 19.5 Å². The minimum absolute atomic E-state index is 0.0138. The van der Waals surface area contributed by atoms with Crippen LogP contribution in [0.2, 0.25) is 0 Å². The highest BCUT2D eigenvalue weighted by molar-refractivity contribution is 5.95. The molecule has 2 amide bonds. The lowest BCUT2D eigenvalue weighted by Crippen LogP contribution is -2.42. The van der Waals surface area contributed by atoms with E-state index in [2.05, 4.69) is 9.88 Å². The Hall–Kier alpha value is -3.88. The molecule has 5 rings (SSSR count). The van der Waals surface area contributed by atoms with Gasteiger partial charge in [-0.1, -0.05) is 36.8 Å². The molecule has 2 aromatic carbocycles. The molecule has 1 aliphatic carbocycles. The van der Waals surface area contributed by atoms with E-state index in [-0.39, 0.29) is 18.0 Å². The van der Waals surface area contributed by atoms with Gasteiger partial charge in [-0.3, -0.25) is 14.5 Å². The second-order valence-electron chi connectivity index (χ2n) is 10.4. The summed E-state index contributed by atoms with van der Waals surface area (Å²) in [5, 5.41) is 12.9. The van der Waals surface area contributed by atoms with Gasteiger partial charge in [0.1, 0.15) is 11.9 Å². The Morgan fingerprint density at radius 1 is 1.11 bits per heavy atom. The van der Waals surface area contributed by atoms with Crippen molar-refractivity contribution >= 4 is 34.7 Å². The number of benzene rings is 2. The van der Waals surface area contributed by atoms with E-state index in [1.54, 1.807) is 4.90 Å². The van der Waals surface area contributed by atoms with Crippen molar-refractivity contribution in [2.45, 2.75) is 70.5 Å². The Kier molecular flexibility index (Phi) is 7.10. The van der Waals surface area contributed by atoms with Crippen molar-refractivity contribution in [2.75, 3.05) is 12.0 Å². The highest BCUT2D eigenvalue weighted by atomic mass is 16.5. The molecule has 2 aliphatic rings. The zero-order valence-electron chi connectivity index (χ0n) is 22.0. The molecule has 1 aromatic heterocycles. The summed E-state index contributed by atoms with van der Waals surface area (Å²) in [6.45, 7) is 3.49. The first-order valence-electron chi connectivity index (χ1n) is 13.3. The molecule has 0 spiro atoms. The van der Waals surface area contributed by atoms with Crippen molar-refractivity contribution in [1.29, 1.82) is 0 Å². The van der Waals surface area contributed by atoms with E-state index in [4.69, 9.17) is 9.72 Å². The number of nitrogens with zero attached hydrogens (tertiary/aromatic N) is 3. The summed E-state index contributed by atoms with van der Waals surface area (Å²) >= 11 is 0. The Balaban J connectivity index is 1.74. The zero-order chi connectivity index (χ0) is 27.0. The number of rotatable bonds is 5. The number of hydrogen-bond donors (Lipinski definition) is 2. The third kappa shape index (κ3) is 4.61. The number of aromatic nitrogens is 2. The third-order valence-corrected chi connectivity index (χ3v) is 7.95. The van der Waals surface area contributed by atoms with E-state index in [1.165, 1.54) is 14.0 Å². The second-order valence-corrected chi connectivity index (χ2v) is 10.4. The summed E-state index contributed by atoms with van der Waals surface area (Å²) in [4.78, 5) is 43.9. The van der Waals surface area contributed by atoms with Gasteiger partial charge in [-0.2, -0.15) is 0 Å². The van der Waals surface area contributed by atoms with Crippen LogP contribution in [0.4, 0.5) is 10.5 Å². The normalized spacial score (nSPS) is 22.0. The Morgan fingerprint density at radius 3 is 2.55 bits per heavy atom. The van der Waals surface area contributed by atoms with Gasteiger partial charge in [0.15, 0.2) is 0 Å². The van der Waals surface area contributed by atoms with E-state index >= 15 is 0 Å². The summed E-state index contributed by atoms with van der Waals surface area (Å²) in [6, 6.07) is 13.0. The lowest BCUT2D eigenvalue weighted by atomic mass is 9.85. The van der Waals surface area contributed by atoms with Gasteiger partial charge in [-0.15, -0.1) is 0 Å². The minimum atomic E-state index is -0.776. The first-order chi connectivity index (χ1) is 18.3. The molecule has 1 fully saturated rings. The number of aryl methyl sites for hydroxylation is 1. The molecule has 0 radical (unpaired) electrons. The molecule has 3 aromatic rings. The fraction of sp³-hybridized carbons (Fsp3) is 0.448. The van der Waals surface area contributed by atoms with Gasteiger partial charge in [0, 0.05) is 24.6 Å². The van der Waals surface area contributed by atoms with Crippen molar-refractivity contribution in [3.63, 3.8) is 0 Å². The highest BCUT2D eigenvalue weighted by Crippen LogP contribution is 2.42. The van der Waals surface area contributed by atoms with Crippen LogP contribution >= 0.6 is 0 Å². The van der Waals surface area contributed by atoms with Crippen LogP contribution < -0.4 is 10.2 Å². The molecule has 9 heteroatoms. The number of anilines is 1. The summed E-state index contributed by atoms with van der Waals surface area (Å²) in [7, 11) is 1.38. The van der Waals surface area contributed by atoms with Gasteiger partial charge in [-0.25, -0.2) is 9.78 Å².